The normalized spacial score (nSPS) is 21.8. The maximum Gasteiger partial charge on any atom is 0.227 e. The number of nitrogens with zero attached hydrogens (tertiary/aromatic N) is 4. The van der Waals surface area contributed by atoms with E-state index < -0.39 is 0 Å². The van der Waals surface area contributed by atoms with Gasteiger partial charge in [-0.15, -0.1) is 0 Å². The molecule has 2 atom stereocenters. The summed E-state index contributed by atoms with van der Waals surface area (Å²) >= 11 is 2.36. The first kappa shape index (κ1) is 16.6. The lowest BCUT2D eigenvalue weighted by molar-refractivity contribution is 0.296. The van der Waals surface area contributed by atoms with Crippen molar-refractivity contribution in [2.24, 2.45) is 0 Å². The van der Waals surface area contributed by atoms with Gasteiger partial charge in [0, 0.05) is 40.6 Å². The average molecular weight is 426 g/mol. The number of hydrogen-bond donors (Lipinski definition) is 2. The molecule has 1 saturated carbocycles. The van der Waals surface area contributed by atoms with Crippen LogP contribution in [0.1, 0.15) is 36.9 Å². The number of fused-ring (bicyclic) bond motifs is 1. The molecule has 0 bridgehead atoms. The van der Waals surface area contributed by atoms with Crippen LogP contribution in [0.25, 0.3) is 11.0 Å². The van der Waals surface area contributed by atoms with E-state index in [0.29, 0.717) is 29.5 Å². The fourth-order valence-electron chi connectivity index (χ4n) is 3.45. The molecule has 2 heterocycles. The molecule has 2 unspecified atom stereocenters. The van der Waals surface area contributed by atoms with Crippen molar-refractivity contribution >= 4 is 45.7 Å². The smallest absolute Gasteiger partial charge is 0.227 e. The van der Waals surface area contributed by atoms with Crippen molar-refractivity contribution in [3.63, 3.8) is 0 Å². The largest absolute Gasteiger partial charge is 0.383 e. The van der Waals surface area contributed by atoms with Crippen LogP contribution >= 0.6 is 22.9 Å². The molecule has 1 aliphatic rings. The summed E-state index contributed by atoms with van der Waals surface area (Å²) in [7, 11) is 2.12. The number of aryl methyl sites for hydroxylation is 2. The van der Waals surface area contributed by atoms with Crippen molar-refractivity contribution in [3.8, 4) is 0 Å². The molecule has 23 heavy (non-hydrogen) atoms. The van der Waals surface area contributed by atoms with E-state index in [2.05, 4.69) is 53.3 Å². The van der Waals surface area contributed by atoms with Gasteiger partial charge in [-0.05, 0) is 45.4 Å². The van der Waals surface area contributed by atoms with Gasteiger partial charge in [-0.25, -0.2) is 8.10 Å². The van der Waals surface area contributed by atoms with E-state index in [9.17, 15) is 0 Å². The Morgan fingerprint density at radius 1 is 1.22 bits per heavy atom. The number of rotatable bonds is 3. The third-order valence-corrected chi connectivity index (χ3v) is 5.24. The Kier molecular flexibility index (Phi) is 4.86. The molecule has 2 aromatic rings. The number of hydrogen-bond acceptors (Lipinski definition) is 6. The zero-order valence-electron chi connectivity index (χ0n) is 13.8. The number of anilines is 2. The van der Waals surface area contributed by atoms with Crippen LogP contribution in [0.15, 0.2) is 6.07 Å². The Morgan fingerprint density at radius 3 is 2.70 bits per heavy atom. The topological polar surface area (TPSA) is 80.0 Å². The molecule has 0 aromatic carbocycles. The predicted octanol–water partition coefficient (Wildman–Crippen LogP) is 3.23. The summed E-state index contributed by atoms with van der Waals surface area (Å²) in [5.41, 5.74) is 8.85. The summed E-state index contributed by atoms with van der Waals surface area (Å²) in [5.74, 6) is 1.08. The lowest BCUT2D eigenvalue weighted by atomic mass is 9.90. The highest BCUT2D eigenvalue weighted by molar-refractivity contribution is 14.1. The molecular formula is C16H23IN6. The summed E-state index contributed by atoms with van der Waals surface area (Å²) in [4.78, 5) is 13.6. The number of pyridine rings is 1. The first-order valence-corrected chi connectivity index (χ1v) is 8.99. The molecule has 2 aromatic heterocycles. The average Bonchev–Trinajstić information content (AvgIpc) is 2.46. The van der Waals surface area contributed by atoms with Crippen molar-refractivity contribution in [2.45, 2.75) is 51.6 Å². The van der Waals surface area contributed by atoms with Crippen LogP contribution in [0.4, 0.5) is 11.8 Å². The van der Waals surface area contributed by atoms with E-state index in [-0.39, 0.29) is 0 Å². The first-order valence-electron chi connectivity index (χ1n) is 8.02. The fourth-order valence-corrected chi connectivity index (χ4v) is 4.11. The minimum atomic E-state index is 0.341. The highest BCUT2D eigenvalue weighted by Crippen LogP contribution is 2.28. The van der Waals surface area contributed by atoms with Crippen LogP contribution in [0.5, 0.6) is 0 Å². The summed E-state index contributed by atoms with van der Waals surface area (Å²) in [6, 6.07) is 2.84. The Labute approximate surface area is 150 Å². The van der Waals surface area contributed by atoms with Gasteiger partial charge in [0.1, 0.15) is 5.82 Å². The lowest BCUT2D eigenvalue weighted by Gasteiger charge is -2.35. The quantitative estimate of drug-likeness (QED) is 0.580. The van der Waals surface area contributed by atoms with Crippen molar-refractivity contribution < 1.29 is 0 Å². The lowest BCUT2D eigenvalue weighted by Crippen LogP contribution is -2.43. The molecule has 1 aliphatic carbocycles. The van der Waals surface area contributed by atoms with E-state index in [1.54, 1.807) is 0 Å². The van der Waals surface area contributed by atoms with Crippen LogP contribution in [0, 0.1) is 13.8 Å². The molecule has 0 spiro atoms. The van der Waals surface area contributed by atoms with Gasteiger partial charge in [0.15, 0.2) is 5.65 Å². The zero-order chi connectivity index (χ0) is 16.6. The molecule has 124 valence electrons. The summed E-state index contributed by atoms with van der Waals surface area (Å²) in [6.45, 7) is 3.99. The summed E-state index contributed by atoms with van der Waals surface area (Å²) < 4.78 is 2.26. The number of nitrogens with two attached hydrogens (primary N) is 1. The minimum Gasteiger partial charge on any atom is -0.383 e. The number of nitrogen functional groups attached to an aromatic ring is 1. The number of nitrogens with one attached hydrogen (secondary N) is 1. The van der Waals surface area contributed by atoms with Crippen LogP contribution in [0.3, 0.4) is 0 Å². The third kappa shape index (κ3) is 3.50. The van der Waals surface area contributed by atoms with Crippen molar-refractivity contribution in [1.82, 2.24) is 18.1 Å². The Hall–Kier alpha value is -1.22. The molecule has 3 rings (SSSR count). The molecular weight excluding hydrogens is 403 g/mol. The molecule has 1 fully saturated rings. The standard InChI is InChI=1S/C16H23IN6/c1-9-8-10(2)19-15-13(9)14(18)21-16(22-15)20-11-6-4-5-7-12(11)23(3)17/h8,11-12H,4-7H2,1-3H3,(H3,18,19,20,21,22). The zero-order valence-corrected chi connectivity index (χ0v) is 16.0. The van der Waals surface area contributed by atoms with Gasteiger partial charge in [0.2, 0.25) is 5.95 Å². The van der Waals surface area contributed by atoms with Crippen LogP contribution in [-0.4, -0.2) is 37.2 Å². The third-order valence-electron chi connectivity index (χ3n) is 4.52. The van der Waals surface area contributed by atoms with Crippen LogP contribution < -0.4 is 11.1 Å². The predicted molar refractivity (Wildman–Crippen MR) is 103 cm³/mol. The first-order chi connectivity index (χ1) is 11.0. The van der Waals surface area contributed by atoms with Crippen LogP contribution in [0.2, 0.25) is 0 Å². The molecule has 7 heteroatoms. The number of likely N-dealkylation sites (N-methyl/N-ethyl adjacent to an activating group) is 1. The van der Waals surface area contributed by atoms with E-state index in [0.717, 1.165) is 23.1 Å². The molecule has 6 nitrogen and oxygen atoms in total. The van der Waals surface area contributed by atoms with Gasteiger partial charge < -0.3 is 11.1 Å². The van der Waals surface area contributed by atoms with Gasteiger partial charge in [-0.3, -0.25) is 0 Å². The van der Waals surface area contributed by atoms with Crippen molar-refractivity contribution in [2.75, 3.05) is 18.1 Å². The Bertz CT molecular complexity index is 717. The second-order valence-electron chi connectivity index (χ2n) is 6.34. The minimum absolute atomic E-state index is 0.341. The van der Waals surface area contributed by atoms with E-state index >= 15 is 0 Å². The SMILES string of the molecule is Cc1cc(C)c2c(N)nc(NC3CCCCC3N(C)I)nc2n1. The molecule has 0 radical (unpaired) electrons. The Balaban J connectivity index is 1.94. The highest BCUT2D eigenvalue weighted by atomic mass is 127. The van der Waals surface area contributed by atoms with Crippen molar-refractivity contribution in [3.05, 3.63) is 17.3 Å². The molecule has 0 amide bonds. The monoisotopic (exact) mass is 426 g/mol. The van der Waals surface area contributed by atoms with Gasteiger partial charge >= 0.3 is 0 Å². The van der Waals surface area contributed by atoms with Gasteiger partial charge in [0.25, 0.3) is 0 Å². The number of halogens is 1. The molecule has 3 N–H and O–H groups in total. The maximum absolute atomic E-state index is 6.16. The maximum atomic E-state index is 6.16. The fraction of sp³-hybridized carbons (Fsp3) is 0.562. The van der Waals surface area contributed by atoms with Gasteiger partial charge in [-0.2, -0.15) is 9.97 Å². The summed E-state index contributed by atoms with van der Waals surface area (Å²) in [5, 5.41) is 4.35. The molecule has 0 saturated heterocycles. The van der Waals surface area contributed by atoms with E-state index in [4.69, 9.17) is 5.73 Å². The van der Waals surface area contributed by atoms with Gasteiger partial charge in [0.05, 0.1) is 5.39 Å². The number of aromatic nitrogens is 3. The van der Waals surface area contributed by atoms with Crippen LogP contribution in [-0.2, 0) is 0 Å². The summed E-state index contributed by atoms with van der Waals surface area (Å²) in [6.07, 6.45) is 4.82. The van der Waals surface area contributed by atoms with Gasteiger partial charge in [-0.1, -0.05) is 12.8 Å². The second kappa shape index (κ2) is 6.72. The van der Waals surface area contributed by atoms with Crippen molar-refractivity contribution in [1.29, 1.82) is 0 Å². The molecule has 0 aliphatic heterocycles. The van der Waals surface area contributed by atoms with E-state index in [1.807, 2.05) is 19.9 Å². The van der Waals surface area contributed by atoms with E-state index in [1.165, 1.54) is 19.3 Å². The second-order valence-corrected chi connectivity index (χ2v) is 7.86. The Morgan fingerprint density at radius 2 is 1.96 bits per heavy atom. The highest BCUT2D eigenvalue weighted by Gasteiger charge is 2.28.